The van der Waals surface area contributed by atoms with Crippen molar-refractivity contribution in [3.63, 3.8) is 0 Å². The van der Waals surface area contributed by atoms with Crippen molar-refractivity contribution >= 4 is 17.9 Å². The van der Waals surface area contributed by atoms with E-state index >= 15 is 0 Å². The van der Waals surface area contributed by atoms with Crippen LogP contribution >= 0.6 is 0 Å². The first-order valence-electron chi connectivity index (χ1n) is 11.5. The summed E-state index contributed by atoms with van der Waals surface area (Å²) in [4.78, 5) is 36.2. The van der Waals surface area contributed by atoms with Crippen LogP contribution in [0, 0.1) is 0 Å². The van der Waals surface area contributed by atoms with Gasteiger partial charge in [-0.15, -0.1) is 0 Å². The van der Waals surface area contributed by atoms with Gasteiger partial charge in [0.25, 0.3) is 0 Å². The van der Waals surface area contributed by atoms with Crippen molar-refractivity contribution < 1.29 is 73.6 Å². The molecule has 0 saturated carbocycles. The van der Waals surface area contributed by atoms with Gasteiger partial charge in [-0.2, -0.15) is 39.5 Å². The predicted molar refractivity (Wildman–Crippen MR) is 122 cm³/mol. The molecule has 10 nitrogen and oxygen atoms in total. The zero-order valence-electron chi connectivity index (χ0n) is 21.2. The fourth-order valence-electron chi connectivity index (χ4n) is 3.90. The largest absolute Gasteiger partial charge is 0.490 e. The van der Waals surface area contributed by atoms with E-state index in [9.17, 15) is 39.5 Å². The normalized spacial score (nSPS) is 18.8. The first-order chi connectivity index (χ1) is 19.2. The number of carboxylic acid groups (broad SMARTS) is 3. The van der Waals surface area contributed by atoms with Gasteiger partial charge in [-0.1, -0.05) is 6.07 Å². The molecule has 4 heterocycles. The highest BCUT2D eigenvalue weighted by Crippen LogP contribution is 2.33. The monoisotopic (exact) mass is 625 g/mol. The van der Waals surface area contributed by atoms with Crippen molar-refractivity contribution in [1.82, 2.24) is 14.8 Å². The van der Waals surface area contributed by atoms with E-state index in [0.717, 1.165) is 13.1 Å². The third-order valence-electron chi connectivity index (χ3n) is 5.61. The number of nitrogens with zero attached hydrogens (tertiary/aromatic N) is 3. The molecule has 2 atom stereocenters. The minimum atomic E-state index is -5.08. The third-order valence-corrected chi connectivity index (χ3v) is 5.61. The van der Waals surface area contributed by atoms with Gasteiger partial charge in [0.05, 0.1) is 12.5 Å². The summed E-state index contributed by atoms with van der Waals surface area (Å²) in [5.41, 5.74) is 2.62. The molecule has 2 fully saturated rings. The first-order valence-corrected chi connectivity index (χ1v) is 11.5. The number of hydrogen-bond donors (Lipinski definition) is 3. The number of rotatable bonds is 4. The van der Waals surface area contributed by atoms with Gasteiger partial charge < -0.3 is 19.7 Å². The maximum absolute atomic E-state index is 10.6. The number of aromatic nitrogens is 1. The van der Waals surface area contributed by atoms with Crippen molar-refractivity contribution in [2.24, 2.45) is 0 Å². The molecule has 0 aromatic carbocycles. The van der Waals surface area contributed by atoms with Crippen LogP contribution in [0.5, 0.6) is 0 Å². The van der Waals surface area contributed by atoms with Gasteiger partial charge in [0.15, 0.2) is 0 Å². The highest BCUT2D eigenvalue weighted by atomic mass is 19.4. The van der Waals surface area contributed by atoms with Gasteiger partial charge in [-0.3, -0.25) is 14.8 Å². The molecule has 3 N–H and O–H groups in total. The Morgan fingerprint density at radius 1 is 0.762 bits per heavy atom. The molecule has 0 bridgehead atoms. The van der Waals surface area contributed by atoms with Gasteiger partial charge in [0.1, 0.15) is 0 Å². The second kappa shape index (κ2) is 15.4. The SMILES string of the molecule is O=C(O)C(F)(F)F.O=C(O)C(F)(F)F.O=C(O)C(F)(F)F.c1cncc(CN2CC[C@@H]3[C@@H]2CCN3Cc2ccoc2)c1. The van der Waals surface area contributed by atoms with Gasteiger partial charge >= 0.3 is 36.4 Å². The van der Waals surface area contributed by atoms with E-state index in [4.69, 9.17) is 34.1 Å². The van der Waals surface area contributed by atoms with E-state index in [1.165, 1.54) is 37.1 Å². The van der Waals surface area contributed by atoms with Crippen LogP contribution < -0.4 is 0 Å². The number of pyridine rings is 1. The second-order valence-electron chi connectivity index (χ2n) is 8.55. The van der Waals surface area contributed by atoms with Crippen molar-refractivity contribution in [2.45, 2.75) is 56.5 Å². The lowest BCUT2D eigenvalue weighted by Gasteiger charge is -2.25. The lowest BCUT2D eigenvalue weighted by Crippen LogP contribution is -2.35. The maximum atomic E-state index is 10.6. The molecule has 0 aliphatic carbocycles. The number of furan rings is 1. The number of likely N-dealkylation sites (tertiary alicyclic amines) is 2. The van der Waals surface area contributed by atoms with E-state index in [1.54, 1.807) is 6.26 Å². The quantitative estimate of drug-likeness (QED) is 0.418. The average Bonchev–Trinajstić information content (AvgIpc) is 3.60. The summed E-state index contributed by atoms with van der Waals surface area (Å²) >= 11 is 0. The van der Waals surface area contributed by atoms with Crippen molar-refractivity contribution in [1.29, 1.82) is 0 Å². The second-order valence-corrected chi connectivity index (χ2v) is 8.55. The molecule has 2 aliphatic heterocycles. The van der Waals surface area contributed by atoms with Crippen molar-refractivity contribution in [3.05, 3.63) is 54.2 Å². The maximum Gasteiger partial charge on any atom is 0.490 e. The number of fused-ring (bicyclic) bond motifs is 1. The summed E-state index contributed by atoms with van der Waals surface area (Å²) in [5, 5.41) is 21.4. The van der Waals surface area contributed by atoms with Crippen LogP contribution in [0.1, 0.15) is 24.0 Å². The molecule has 2 saturated heterocycles. The minimum Gasteiger partial charge on any atom is -0.475 e. The molecule has 42 heavy (non-hydrogen) atoms. The Balaban J connectivity index is 0.000000348. The molecule has 236 valence electrons. The van der Waals surface area contributed by atoms with Crippen LogP contribution in [0.3, 0.4) is 0 Å². The van der Waals surface area contributed by atoms with E-state index in [-0.39, 0.29) is 0 Å². The number of carbonyl (C=O) groups is 3. The Labute approximate surface area is 230 Å². The highest BCUT2D eigenvalue weighted by molar-refractivity contribution is 5.73. The Bertz CT molecular complexity index is 1070. The van der Waals surface area contributed by atoms with E-state index < -0.39 is 36.4 Å². The molecule has 2 aromatic rings. The molecular weight excluding hydrogens is 601 g/mol. The fourth-order valence-corrected chi connectivity index (χ4v) is 3.90. The summed E-state index contributed by atoms with van der Waals surface area (Å²) in [6.45, 7) is 4.46. The molecule has 0 radical (unpaired) electrons. The number of carboxylic acids is 3. The van der Waals surface area contributed by atoms with Crippen LogP contribution in [0.2, 0.25) is 0 Å². The topological polar surface area (TPSA) is 144 Å². The molecule has 0 spiro atoms. The van der Waals surface area contributed by atoms with Gasteiger partial charge in [-0.25, -0.2) is 14.4 Å². The van der Waals surface area contributed by atoms with Crippen molar-refractivity contribution in [2.75, 3.05) is 13.1 Å². The number of alkyl halides is 9. The minimum absolute atomic E-state index is 0.705. The number of halogens is 9. The predicted octanol–water partition coefficient (Wildman–Crippen LogP) is 4.42. The highest BCUT2D eigenvalue weighted by Gasteiger charge is 2.42. The summed E-state index contributed by atoms with van der Waals surface area (Å²) in [6, 6.07) is 7.70. The van der Waals surface area contributed by atoms with E-state index in [0.29, 0.717) is 12.1 Å². The molecule has 2 aromatic heterocycles. The smallest absolute Gasteiger partial charge is 0.475 e. The zero-order chi connectivity index (χ0) is 32.3. The van der Waals surface area contributed by atoms with Crippen LogP contribution in [-0.4, -0.2) is 91.7 Å². The Morgan fingerprint density at radius 3 is 1.48 bits per heavy atom. The number of hydrogen-bond acceptors (Lipinski definition) is 7. The van der Waals surface area contributed by atoms with Gasteiger partial charge in [0, 0.05) is 56.2 Å². The Hall–Kier alpha value is -3.87. The average molecular weight is 625 g/mol. The summed E-state index contributed by atoms with van der Waals surface area (Å²) < 4.78 is 100. The molecule has 0 unspecified atom stereocenters. The Morgan fingerprint density at radius 2 is 1.17 bits per heavy atom. The van der Waals surface area contributed by atoms with E-state index in [2.05, 4.69) is 26.9 Å². The van der Waals surface area contributed by atoms with Gasteiger partial charge in [0.2, 0.25) is 0 Å². The summed E-state index contributed by atoms with van der Waals surface area (Å²) in [7, 11) is 0. The van der Waals surface area contributed by atoms with Crippen LogP contribution in [0.4, 0.5) is 39.5 Å². The molecule has 2 aliphatic rings. The zero-order valence-corrected chi connectivity index (χ0v) is 21.2. The van der Waals surface area contributed by atoms with Crippen LogP contribution in [-0.2, 0) is 27.5 Å². The van der Waals surface area contributed by atoms with Crippen LogP contribution in [0.25, 0.3) is 0 Å². The lowest BCUT2D eigenvalue weighted by molar-refractivity contribution is -0.193. The standard InChI is InChI=1S/C17H21N3O.3C2HF3O2/c1-2-14(10-18-6-1)11-19-7-3-17-16(19)4-8-20(17)12-15-5-9-21-13-15;3*3-2(4,5)1(6)7/h1-2,5-6,9-10,13,16-17H,3-4,7-8,11-12H2;3*(H,6,7)/t16-,17+;;;/m0.../s1. The fraction of sp³-hybridized carbons (Fsp3) is 0.478. The van der Waals surface area contributed by atoms with Crippen LogP contribution in [0.15, 0.2) is 47.5 Å². The van der Waals surface area contributed by atoms with Crippen molar-refractivity contribution in [3.8, 4) is 0 Å². The third kappa shape index (κ3) is 12.8. The first kappa shape index (κ1) is 36.2. The number of aliphatic carboxylic acids is 3. The Kier molecular flexibility index (Phi) is 13.2. The summed E-state index contributed by atoms with van der Waals surface area (Å²) in [5.74, 6) is -8.27. The molecule has 4 rings (SSSR count). The lowest BCUT2D eigenvalue weighted by atomic mass is 10.1. The molecule has 0 amide bonds. The molecular formula is C23H24F9N3O7. The van der Waals surface area contributed by atoms with Gasteiger partial charge in [-0.05, 0) is 30.5 Å². The van der Waals surface area contributed by atoms with E-state index in [1.807, 2.05) is 24.7 Å². The molecule has 19 heteroatoms. The summed E-state index contributed by atoms with van der Waals surface area (Å²) in [6.07, 6.45) is -5.21.